The van der Waals surface area contributed by atoms with E-state index in [-0.39, 0.29) is 15.9 Å². The van der Waals surface area contributed by atoms with Crippen LogP contribution >= 0.6 is 34.7 Å². The number of nitro groups is 1. The van der Waals surface area contributed by atoms with Gasteiger partial charge in [-0.15, -0.1) is 11.3 Å². The molecule has 6 nitrogen and oxygen atoms in total. The molecule has 0 atom stereocenters. The first-order chi connectivity index (χ1) is 8.08. The number of aromatic nitrogens is 3. The fourth-order valence-corrected chi connectivity index (χ4v) is 3.11. The van der Waals surface area contributed by atoms with E-state index in [2.05, 4.69) is 15.0 Å². The van der Waals surface area contributed by atoms with Crippen LogP contribution in [0.15, 0.2) is 21.1 Å². The molecule has 0 aliphatic carbocycles. The first-order valence-corrected chi connectivity index (χ1v) is 6.40. The van der Waals surface area contributed by atoms with E-state index in [9.17, 15) is 10.1 Å². The Morgan fingerprint density at radius 2 is 2.29 bits per heavy atom. The van der Waals surface area contributed by atoms with Gasteiger partial charge in [-0.2, -0.15) is 0 Å². The average molecular weight is 289 g/mol. The number of hydrogen-bond acceptors (Lipinski definition) is 7. The van der Waals surface area contributed by atoms with Gasteiger partial charge in [0.1, 0.15) is 6.33 Å². The minimum Gasteiger partial charge on any atom is -0.258 e. The van der Waals surface area contributed by atoms with Crippen LogP contribution in [0, 0.1) is 17.0 Å². The summed E-state index contributed by atoms with van der Waals surface area (Å²) in [6, 6.07) is 0. The average Bonchev–Trinajstić information content (AvgIpc) is 2.63. The number of nitrogens with zero attached hydrogens (tertiary/aromatic N) is 4. The lowest BCUT2D eigenvalue weighted by Gasteiger charge is -1.99. The molecule has 0 fully saturated rings. The van der Waals surface area contributed by atoms with Gasteiger partial charge in [0.05, 0.1) is 4.92 Å². The molecule has 9 heteroatoms. The maximum Gasteiger partial charge on any atom is 0.338 e. The Morgan fingerprint density at radius 3 is 2.88 bits per heavy atom. The van der Waals surface area contributed by atoms with Gasteiger partial charge in [0, 0.05) is 11.1 Å². The smallest absolute Gasteiger partial charge is 0.258 e. The minimum absolute atomic E-state index is 0.166. The molecule has 2 aromatic heterocycles. The molecule has 0 saturated carbocycles. The fraction of sp³-hybridized carbons (Fsp3) is 0.125. The summed E-state index contributed by atoms with van der Waals surface area (Å²) < 4.78 is 0.681. The van der Waals surface area contributed by atoms with Crippen LogP contribution in [0.3, 0.4) is 0 Å². The second kappa shape index (κ2) is 4.94. The SMILES string of the molecule is Cc1csc(Sc2ncnc(Cl)c2[N+](=O)[O-])n1. The van der Waals surface area contributed by atoms with Crippen molar-refractivity contribution in [1.82, 2.24) is 15.0 Å². The van der Waals surface area contributed by atoms with Gasteiger partial charge >= 0.3 is 5.69 Å². The van der Waals surface area contributed by atoms with Gasteiger partial charge in [0.25, 0.3) is 0 Å². The van der Waals surface area contributed by atoms with Crippen LogP contribution in [0.25, 0.3) is 0 Å². The van der Waals surface area contributed by atoms with E-state index in [1.807, 2.05) is 12.3 Å². The van der Waals surface area contributed by atoms with Gasteiger partial charge in [-0.05, 0) is 18.7 Å². The minimum atomic E-state index is -0.592. The molecule has 2 heterocycles. The number of hydrogen-bond donors (Lipinski definition) is 0. The molecule has 2 aromatic rings. The van der Waals surface area contributed by atoms with E-state index in [4.69, 9.17) is 11.6 Å². The third kappa shape index (κ3) is 2.71. The number of aryl methyl sites for hydroxylation is 1. The maximum atomic E-state index is 10.8. The van der Waals surface area contributed by atoms with Gasteiger partial charge in [-0.1, -0.05) is 11.6 Å². The molecule has 17 heavy (non-hydrogen) atoms. The highest BCUT2D eigenvalue weighted by molar-refractivity contribution is 8.01. The zero-order valence-corrected chi connectivity index (χ0v) is 10.8. The molecule has 0 bridgehead atoms. The van der Waals surface area contributed by atoms with Gasteiger partial charge in [0.2, 0.25) is 5.15 Å². The van der Waals surface area contributed by atoms with Crippen molar-refractivity contribution in [2.75, 3.05) is 0 Å². The fourth-order valence-electron chi connectivity index (χ4n) is 1.03. The quantitative estimate of drug-likeness (QED) is 0.490. The van der Waals surface area contributed by atoms with Gasteiger partial charge in [-0.3, -0.25) is 10.1 Å². The third-order valence-electron chi connectivity index (χ3n) is 1.71. The van der Waals surface area contributed by atoms with E-state index >= 15 is 0 Å². The Kier molecular flexibility index (Phi) is 3.55. The van der Waals surface area contributed by atoms with E-state index < -0.39 is 4.92 Å². The highest BCUT2D eigenvalue weighted by Gasteiger charge is 2.23. The Bertz CT molecular complexity index is 574. The normalized spacial score (nSPS) is 10.5. The molecular weight excluding hydrogens is 284 g/mol. The molecule has 2 rings (SSSR count). The summed E-state index contributed by atoms with van der Waals surface area (Å²) in [6.45, 7) is 1.85. The summed E-state index contributed by atoms with van der Waals surface area (Å²) in [4.78, 5) is 21.9. The van der Waals surface area contributed by atoms with Crippen molar-refractivity contribution in [1.29, 1.82) is 0 Å². The van der Waals surface area contributed by atoms with Crippen LogP contribution in [0.4, 0.5) is 5.69 Å². The summed E-state index contributed by atoms with van der Waals surface area (Å²) in [5.41, 5.74) is 0.576. The van der Waals surface area contributed by atoms with Gasteiger partial charge in [0.15, 0.2) is 9.37 Å². The number of thiazole rings is 1. The lowest BCUT2D eigenvalue weighted by Crippen LogP contribution is -1.96. The molecule has 0 N–H and O–H groups in total. The van der Waals surface area contributed by atoms with Crippen LogP contribution in [-0.4, -0.2) is 19.9 Å². The number of rotatable bonds is 3. The maximum absolute atomic E-state index is 10.8. The van der Waals surface area contributed by atoms with Crippen LogP contribution in [-0.2, 0) is 0 Å². The molecule has 0 unspecified atom stereocenters. The summed E-state index contributed by atoms with van der Waals surface area (Å²) in [7, 11) is 0. The first-order valence-electron chi connectivity index (χ1n) is 4.33. The predicted octanol–water partition coefficient (Wildman–Crippen LogP) is 2.95. The lowest BCUT2D eigenvalue weighted by atomic mass is 10.5. The summed E-state index contributed by atoms with van der Waals surface area (Å²) >= 11 is 8.18. The molecule has 0 saturated heterocycles. The highest BCUT2D eigenvalue weighted by atomic mass is 35.5. The molecule has 88 valence electrons. The second-order valence-corrected chi connectivity index (χ2v) is 5.38. The molecule has 0 aliphatic rings. The van der Waals surface area contributed by atoms with E-state index in [1.54, 1.807) is 0 Å². The third-order valence-corrected chi connectivity index (χ3v) is 4.03. The zero-order chi connectivity index (χ0) is 12.4. The van der Waals surface area contributed by atoms with Crippen molar-refractivity contribution >= 4 is 40.4 Å². The summed E-state index contributed by atoms with van der Waals surface area (Å²) in [6.07, 6.45) is 1.19. The van der Waals surface area contributed by atoms with Crippen molar-refractivity contribution in [3.05, 3.63) is 32.7 Å². The Hall–Kier alpha value is -1.25. The molecule has 0 radical (unpaired) electrons. The summed E-state index contributed by atoms with van der Waals surface area (Å²) in [5.74, 6) is 0. The van der Waals surface area contributed by atoms with E-state index in [0.29, 0.717) is 4.34 Å². The van der Waals surface area contributed by atoms with Crippen molar-refractivity contribution in [3.63, 3.8) is 0 Å². The lowest BCUT2D eigenvalue weighted by molar-refractivity contribution is -0.388. The van der Waals surface area contributed by atoms with Crippen molar-refractivity contribution in [2.45, 2.75) is 16.3 Å². The molecule has 0 spiro atoms. The van der Waals surface area contributed by atoms with E-state index in [0.717, 1.165) is 17.5 Å². The van der Waals surface area contributed by atoms with Crippen LogP contribution in [0.2, 0.25) is 5.15 Å². The second-order valence-electron chi connectivity index (χ2n) is 2.93. The Labute approximate surface area is 109 Å². The van der Waals surface area contributed by atoms with Gasteiger partial charge < -0.3 is 0 Å². The van der Waals surface area contributed by atoms with Gasteiger partial charge in [-0.25, -0.2) is 15.0 Å². The van der Waals surface area contributed by atoms with Crippen molar-refractivity contribution in [2.24, 2.45) is 0 Å². The van der Waals surface area contributed by atoms with Crippen LogP contribution in [0.5, 0.6) is 0 Å². The van der Waals surface area contributed by atoms with Crippen LogP contribution < -0.4 is 0 Å². The standard InChI is InChI=1S/C8H5ClN4O2S2/c1-4-2-16-8(12-4)17-7-5(13(14)15)6(9)10-3-11-7/h2-3H,1H3. The predicted molar refractivity (Wildman–Crippen MR) is 64.7 cm³/mol. The Balaban J connectivity index is 2.39. The zero-order valence-electron chi connectivity index (χ0n) is 8.45. The molecule has 0 aliphatic heterocycles. The van der Waals surface area contributed by atoms with E-state index in [1.165, 1.54) is 17.7 Å². The molecule has 0 aromatic carbocycles. The first kappa shape index (κ1) is 12.2. The van der Waals surface area contributed by atoms with Crippen LogP contribution in [0.1, 0.15) is 5.69 Å². The summed E-state index contributed by atoms with van der Waals surface area (Å²) in [5, 5.41) is 12.7. The highest BCUT2D eigenvalue weighted by Crippen LogP contribution is 2.37. The number of halogens is 1. The largest absolute Gasteiger partial charge is 0.338 e. The topological polar surface area (TPSA) is 81.8 Å². The van der Waals surface area contributed by atoms with Crippen molar-refractivity contribution in [3.8, 4) is 0 Å². The monoisotopic (exact) mass is 288 g/mol. The molecule has 0 amide bonds. The molecular formula is C8H5ClN4O2S2. The Morgan fingerprint density at radius 1 is 1.53 bits per heavy atom. The van der Waals surface area contributed by atoms with Crippen molar-refractivity contribution < 1.29 is 4.92 Å².